The second-order valence-corrected chi connectivity index (χ2v) is 9.75. The summed E-state index contributed by atoms with van der Waals surface area (Å²) in [6.07, 6.45) is 0. The highest BCUT2D eigenvalue weighted by atomic mass is 32.2. The number of para-hydroxylation sites is 1. The van der Waals surface area contributed by atoms with E-state index >= 15 is 0 Å². The third-order valence-corrected chi connectivity index (χ3v) is 7.16. The second-order valence-electron chi connectivity index (χ2n) is 7.67. The van der Waals surface area contributed by atoms with Gasteiger partial charge in [0.25, 0.3) is 5.91 Å². The van der Waals surface area contributed by atoms with Gasteiger partial charge in [-0.15, -0.1) is 11.3 Å². The van der Waals surface area contributed by atoms with Gasteiger partial charge in [0.15, 0.2) is 0 Å². The Bertz CT molecular complexity index is 1290. The summed E-state index contributed by atoms with van der Waals surface area (Å²) in [5, 5.41) is 10.6. The first-order valence-corrected chi connectivity index (χ1v) is 12.5. The van der Waals surface area contributed by atoms with Gasteiger partial charge in [-0.25, -0.2) is 9.78 Å². The zero-order valence-corrected chi connectivity index (χ0v) is 20.4. The SMILES string of the molecule is Cc1csc(SCc2ccc(C(=O)Nc3cc(NC(=O)Nc4ccccc4)ccc3C)cc2)n1. The smallest absolute Gasteiger partial charge is 0.322 e. The Morgan fingerprint density at radius 1 is 0.882 bits per heavy atom. The van der Waals surface area contributed by atoms with Gasteiger partial charge in [0, 0.05) is 39.5 Å². The molecule has 0 atom stereocenters. The van der Waals surface area contributed by atoms with Crippen molar-refractivity contribution in [3.8, 4) is 0 Å². The minimum absolute atomic E-state index is 0.205. The first kappa shape index (κ1) is 23.5. The molecule has 0 saturated heterocycles. The molecule has 0 bridgehead atoms. The number of aromatic nitrogens is 1. The molecule has 0 saturated carbocycles. The standard InChI is InChI=1S/C26H24N4O2S2/c1-17-8-13-22(29-25(32)28-21-6-4-3-5-7-21)14-23(17)30-24(31)20-11-9-19(10-12-20)16-34-26-27-18(2)15-33-26/h3-15H,16H2,1-2H3,(H,30,31)(H2,28,29,32). The maximum absolute atomic E-state index is 12.8. The Morgan fingerprint density at radius 3 is 2.32 bits per heavy atom. The van der Waals surface area contributed by atoms with Crippen molar-refractivity contribution < 1.29 is 9.59 Å². The van der Waals surface area contributed by atoms with Crippen molar-refractivity contribution in [2.24, 2.45) is 0 Å². The van der Waals surface area contributed by atoms with Crippen LogP contribution in [-0.4, -0.2) is 16.9 Å². The molecule has 34 heavy (non-hydrogen) atoms. The number of hydrogen-bond donors (Lipinski definition) is 3. The first-order valence-electron chi connectivity index (χ1n) is 10.7. The molecule has 0 radical (unpaired) electrons. The molecule has 172 valence electrons. The van der Waals surface area contributed by atoms with Gasteiger partial charge in [-0.3, -0.25) is 4.79 Å². The van der Waals surface area contributed by atoms with Crippen LogP contribution in [0.5, 0.6) is 0 Å². The van der Waals surface area contributed by atoms with E-state index in [9.17, 15) is 9.59 Å². The lowest BCUT2D eigenvalue weighted by atomic mass is 10.1. The zero-order valence-electron chi connectivity index (χ0n) is 18.8. The van der Waals surface area contributed by atoms with Crippen molar-refractivity contribution in [3.63, 3.8) is 0 Å². The monoisotopic (exact) mass is 488 g/mol. The van der Waals surface area contributed by atoms with Crippen molar-refractivity contribution >= 4 is 52.1 Å². The number of carbonyl (C=O) groups excluding carboxylic acids is 2. The average molecular weight is 489 g/mol. The second kappa shape index (κ2) is 11.0. The minimum Gasteiger partial charge on any atom is -0.322 e. The van der Waals surface area contributed by atoms with E-state index in [1.54, 1.807) is 35.2 Å². The number of nitrogens with one attached hydrogen (secondary N) is 3. The van der Waals surface area contributed by atoms with Crippen LogP contribution in [-0.2, 0) is 5.75 Å². The normalized spacial score (nSPS) is 10.5. The number of carbonyl (C=O) groups is 2. The van der Waals surface area contributed by atoms with Gasteiger partial charge in [-0.2, -0.15) is 0 Å². The predicted molar refractivity (Wildman–Crippen MR) is 141 cm³/mol. The van der Waals surface area contributed by atoms with Gasteiger partial charge in [0.1, 0.15) is 4.34 Å². The van der Waals surface area contributed by atoms with Gasteiger partial charge >= 0.3 is 6.03 Å². The van der Waals surface area contributed by atoms with Crippen LogP contribution in [0.4, 0.5) is 21.9 Å². The lowest BCUT2D eigenvalue weighted by Crippen LogP contribution is -2.19. The third-order valence-electron chi connectivity index (χ3n) is 4.95. The largest absolute Gasteiger partial charge is 0.323 e. The summed E-state index contributed by atoms with van der Waals surface area (Å²) in [7, 11) is 0. The molecule has 0 unspecified atom stereocenters. The van der Waals surface area contributed by atoms with E-state index in [1.165, 1.54) is 0 Å². The molecule has 4 aromatic rings. The van der Waals surface area contributed by atoms with Crippen molar-refractivity contribution in [1.82, 2.24) is 4.98 Å². The quantitative estimate of drug-likeness (QED) is 0.246. The molecular formula is C26H24N4O2S2. The Hall–Kier alpha value is -3.62. The Kier molecular flexibility index (Phi) is 7.61. The maximum Gasteiger partial charge on any atom is 0.323 e. The van der Waals surface area contributed by atoms with Crippen LogP contribution in [0.2, 0.25) is 0 Å². The zero-order chi connectivity index (χ0) is 23.9. The number of urea groups is 1. The van der Waals surface area contributed by atoms with E-state index < -0.39 is 0 Å². The molecule has 0 aliphatic carbocycles. The van der Waals surface area contributed by atoms with Gasteiger partial charge < -0.3 is 16.0 Å². The molecule has 1 heterocycles. The summed E-state index contributed by atoms with van der Waals surface area (Å²) in [6, 6.07) is 21.8. The molecule has 0 aliphatic rings. The number of benzene rings is 3. The van der Waals surface area contributed by atoms with Gasteiger partial charge in [-0.1, -0.05) is 48.2 Å². The summed E-state index contributed by atoms with van der Waals surface area (Å²) in [5.74, 6) is 0.593. The number of aryl methyl sites for hydroxylation is 2. The number of thiazole rings is 1. The van der Waals surface area contributed by atoms with Crippen LogP contribution >= 0.6 is 23.1 Å². The molecule has 0 aliphatic heterocycles. The molecule has 1 aromatic heterocycles. The van der Waals surface area contributed by atoms with Gasteiger partial charge in [0.05, 0.1) is 0 Å². The average Bonchev–Trinajstić information content (AvgIpc) is 3.26. The van der Waals surface area contributed by atoms with E-state index in [1.807, 2.05) is 79.9 Å². The highest BCUT2D eigenvalue weighted by Gasteiger charge is 2.10. The van der Waals surface area contributed by atoms with Crippen molar-refractivity contribution in [2.45, 2.75) is 23.9 Å². The Balaban J connectivity index is 1.36. The molecule has 0 spiro atoms. The minimum atomic E-state index is -0.353. The maximum atomic E-state index is 12.8. The number of nitrogens with zero attached hydrogens (tertiary/aromatic N) is 1. The van der Waals surface area contributed by atoms with Crippen LogP contribution < -0.4 is 16.0 Å². The van der Waals surface area contributed by atoms with Crippen LogP contribution in [0.1, 0.15) is 27.2 Å². The summed E-state index contributed by atoms with van der Waals surface area (Å²) < 4.78 is 1.04. The molecule has 4 rings (SSSR count). The van der Waals surface area contributed by atoms with E-state index in [-0.39, 0.29) is 11.9 Å². The summed E-state index contributed by atoms with van der Waals surface area (Å²) in [5.41, 5.74) is 5.55. The highest BCUT2D eigenvalue weighted by Crippen LogP contribution is 2.26. The number of anilines is 3. The fourth-order valence-electron chi connectivity index (χ4n) is 3.14. The topological polar surface area (TPSA) is 83.1 Å². The fourth-order valence-corrected chi connectivity index (χ4v) is 4.95. The van der Waals surface area contributed by atoms with E-state index in [2.05, 4.69) is 20.9 Å². The van der Waals surface area contributed by atoms with Crippen LogP contribution in [0.25, 0.3) is 0 Å². The van der Waals surface area contributed by atoms with E-state index in [4.69, 9.17) is 0 Å². The summed E-state index contributed by atoms with van der Waals surface area (Å²) >= 11 is 3.33. The lowest BCUT2D eigenvalue weighted by Gasteiger charge is -2.12. The predicted octanol–water partition coefficient (Wildman–Crippen LogP) is 6.95. The number of amides is 3. The highest BCUT2D eigenvalue weighted by molar-refractivity contribution is 8.00. The van der Waals surface area contributed by atoms with Crippen LogP contribution in [0, 0.1) is 13.8 Å². The summed E-state index contributed by atoms with van der Waals surface area (Å²) in [6.45, 7) is 3.89. The molecule has 0 fully saturated rings. The lowest BCUT2D eigenvalue weighted by molar-refractivity contribution is 0.102. The van der Waals surface area contributed by atoms with Crippen LogP contribution in [0.3, 0.4) is 0 Å². The number of rotatable bonds is 7. The van der Waals surface area contributed by atoms with E-state index in [0.29, 0.717) is 22.6 Å². The molecule has 6 nitrogen and oxygen atoms in total. The van der Waals surface area contributed by atoms with Crippen molar-refractivity contribution in [3.05, 3.63) is 101 Å². The third kappa shape index (κ3) is 6.46. The number of hydrogen-bond acceptors (Lipinski definition) is 5. The van der Waals surface area contributed by atoms with Crippen molar-refractivity contribution in [2.75, 3.05) is 16.0 Å². The molecule has 3 amide bonds. The molecule has 3 aromatic carbocycles. The Labute approximate surface area is 206 Å². The van der Waals surface area contributed by atoms with Crippen LogP contribution in [0.15, 0.2) is 82.5 Å². The van der Waals surface area contributed by atoms with E-state index in [0.717, 1.165) is 26.9 Å². The summed E-state index contributed by atoms with van der Waals surface area (Å²) in [4.78, 5) is 29.6. The molecule has 3 N–H and O–H groups in total. The number of thioether (sulfide) groups is 1. The fraction of sp³-hybridized carbons (Fsp3) is 0.115. The Morgan fingerprint density at radius 2 is 1.62 bits per heavy atom. The van der Waals surface area contributed by atoms with Gasteiger partial charge in [-0.05, 0) is 61.4 Å². The molecule has 8 heteroatoms. The van der Waals surface area contributed by atoms with Crippen molar-refractivity contribution in [1.29, 1.82) is 0 Å². The molecular weight excluding hydrogens is 464 g/mol. The van der Waals surface area contributed by atoms with Gasteiger partial charge in [0.2, 0.25) is 0 Å². The first-order chi connectivity index (χ1) is 16.5.